The van der Waals surface area contributed by atoms with Crippen LogP contribution in [0.4, 0.5) is 0 Å². The largest absolute Gasteiger partial charge is 0.346 e. The first kappa shape index (κ1) is 15.6. The number of rotatable bonds is 4. The van der Waals surface area contributed by atoms with Gasteiger partial charge in [-0.25, -0.2) is 15.0 Å². The number of aromatic amines is 1. The van der Waals surface area contributed by atoms with Crippen LogP contribution < -0.4 is 5.32 Å². The summed E-state index contributed by atoms with van der Waals surface area (Å²) in [6.07, 6.45) is 14.3. The van der Waals surface area contributed by atoms with Crippen LogP contribution in [0.5, 0.6) is 0 Å². The third-order valence-corrected chi connectivity index (χ3v) is 5.70. The van der Waals surface area contributed by atoms with Crippen LogP contribution >= 0.6 is 0 Å². The zero-order valence-electron chi connectivity index (χ0n) is 14.9. The van der Waals surface area contributed by atoms with Gasteiger partial charge in [-0.15, -0.1) is 0 Å². The first-order chi connectivity index (χ1) is 12.8. The minimum absolute atomic E-state index is 0.509. The molecule has 26 heavy (non-hydrogen) atoms. The van der Waals surface area contributed by atoms with Gasteiger partial charge < -0.3 is 19.4 Å². The van der Waals surface area contributed by atoms with Crippen LogP contribution in [0.15, 0.2) is 37.3 Å². The third kappa shape index (κ3) is 2.59. The van der Waals surface area contributed by atoms with Crippen molar-refractivity contribution in [2.75, 3.05) is 0 Å². The molecule has 0 aromatic carbocycles. The molecule has 5 rings (SSSR count). The van der Waals surface area contributed by atoms with Crippen molar-refractivity contribution in [3.05, 3.63) is 43.0 Å². The molecule has 0 unspecified atom stereocenters. The van der Waals surface area contributed by atoms with Crippen molar-refractivity contribution >= 4 is 22.1 Å². The van der Waals surface area contributed by atoms with Gasteiger partial charge in [-0.3, -0.25) is 0 Å². The zero-order chi connectivity index (χ0) is 17.5. The summed E-state index contributed by atoms with van der Waals surface area (Å²) in [5.41, 5.74) is 4.36. The predicted octanol–water partition coefficient (Wildman–Crippen LogP) is 2.92. The summed E-state index contributed by atoms with van der Waals surface area (Å²) in [7, 11) is 2.04. The van der Waals surface area contributed by atoms with Crippen LogP contribution in [0.1, 0.15) is 37.4 Å². The Kier molecular flexibility index (Phi) is 3.74. The number of nitrogens with one attached hydrogen (secondary N) is 2. The minimum Gasteiger partial charge on any atom is -0.346 e. The number of aryl methyl sites for hydroxylation is 1. The molecule has 4 aromatic heterocycles. The second-order valence-electron chi connectivity index (χ2n) is 7.27. The van der Waals surface area contributed by atoms with Crippen LogP contribution in [0.25, 0.3) is 22.1 Å². The number of hydrogen-bond donors (Lipinski definition) is 2. The summed E-state index contributed by atoms with van der Waals surface area (Å²) in [6, 6.07) is 3.18. The van der Waals surface area contributed by atoms with E-state index in [9.17, 15) is 0 Å². The van der Waals surface area contributed by atoms with E-state index >= 15 is 0 Å². The van der Waals surface area contributed by atoms with Crippen molar-refractivity contribution in [1.82, 2.24) is 34.4 Å². The highest BCUT2D eigenvalue weighted by atomic mass is 15.1. The Morgan fingerprint density at radius 3 is 2.85 bits per heavy atom. The standard InChI is InChI=1S/C19H23N7/c1-25-11-20-8-15(25)9-22-13-2-4-14(5-3-13)26-12-24-17-10-23-19-16(18(17)26)6-7-21-19/h6-8,10-14,22H,2-5,9H2,1H3,(H,21,23)/t13-,14-. The van der Waals surface area contributed by atoms with Crippen LogP contribution in [-0.4, -0.2) is 35.1 Å². The fraction of sp³-hybridized carbons (Fsp3) is 0.421. The van der Waals surface area contributed by atoms with E-state index in [-0.39, 0.29) is 0 Å². The Balaban J connectivity index is 1.30. The lowest BCUT2D eigenvalue weighted by molar-refractivity contribution is 0.293. The van der Waals surface area contributed by atoms with Crippen molar-refractivity contribution in [3.8, 4) is 0 Å². The maximum Gasteiger partial charge on any atom is 0.139 e. The molecule has 134 valence electrons. The molecule has 4 aromatic rings. The highest BCUT2D eigenvalue weighted by Crippen LogP contribution is 2.33. The highest BCUT2D eigenvalue weighted by molar-refractivity contribution is 6.00. The van der Waals surface area contributed by atoms with Gasteiger partial charge >= 0.3 is 0 Å². The van der Waals surface area contributed by atoms with Crippen molar-refractivity contribution < 1.29 is 0 Å². The Bertz CT molecular complexity index is 1030. The fourth-order valence-electron chi connectivity index (χ4n) is 4.17. The molecular formula is C19H23N7. The number of fused-ring (bicyclic) bond motifs is 3. The second-order valence-corrected chi connectivity index (χ2v) is 7.27. The average molecular weight is 349 g/mol. The molecule has 1 aliphatic rings. The monoisotopic (exact) mass is 349 g/mol. The number of aromatic nitrogens is 6. The van der Waals surface area contributed by atoms with Gasteiger partial charge in [0.05, 0.1) is 30.1 Å². The number of H-pyrrole nitrogens is 1. The Hall–Kier alpha value is -2.67. The Morgan fingerprint density at radius 1 is 1.15 bits per heavy atom. The van der Waals surface area contributed by atoms with E-state index in [0.717, 1.165) is 23.1 Å². The van der Waals surface area contributed by atoms with E-state index in [1.54, 1.807) is 0 Å². The lowest BCUT2D eigenvalue weighted by Gasteiger charge is -2.30. The van der Waals surface area contributed by atoms with Gasteiger partial charge in [0, 0.05) is 43.5 Å². The van der Waals surface area contributed by atoms with Gasteiger partial charge in [-0.05, 0) is 31.7 Å². The number of hydrogen-bond acceptors (Lipinski definition) is 4. The lowest BCUT2D eigenvalue weighted by atomic mass is 9.91. The maximum absolute atomic E-state index is 4.58. The normalized spacial score (nSPS) is 21.0. The molecule has 1 fully saturated rings. The molecule has 0 atom stereocenters. The Morgan fingerprint density at radius 2 is 2.04 bits per heavy atom. The van der Waals surface area contributed by atoms with Crippen LogP contribution in [0.3, 0.4) is 0 Å². The molecular weight excluding hydrogens is 326 g/mol. The van der Waals surface area contributed by atoms with Gasteiger partial charge in [-0.1, -0.05) is 0 Å². The number of imidazole rings is 2. The molecule has 0 spiro atoms. The summed E-state index contributed by atoms with van der Waals surface area (Å²) in [6.45, 7) is 0.884. The molecule has 0 amide bonds. The smallest absolute Gasteiger partial charge is 0.139 e. The van der Waals surface area contributed by atoms with Gasteiger partial charge in [0.15, 0.2) is 0 Å². The van der Waals surface area contributed by atoms with Gasteiger partial charge in [0.1, 0.15) is 11.2 Å². The van der Waals surface area contributed by atoms with Crippen LogP contribution in [0, 0.1) is 0 Å². The van der Waals surface area contributed by atoms with E-state index in [2.05, 4.69) is 40.5 Å². The first-order valence-electron chi connectivity index (χ1n) is 9.27. The molecule has 0 bridgehead atoms. The lowest BCUT2D eigenvalue weighted by Crippen LogP contribution is -2.33. The highest BCUT2D eigenvalue weighted by Gasteiger charge is 2.24. The van der Waals surface area contributed by atoms with E-state index in [4.69, 9.17) is 0 Å². The summed E-state index contributed by atoms with van der Waals surface area (Å²) in [5, 5.41) is 4.86. The zero-order valence-corrected chi connectivity index (χ0v) is 14.9. The second kappa shape index (κ2) is 6.25. The van der Waals surface area contributed by atoms with Crippen LogP contribution in [-0.2, 0) is 13.6 Å². The Labute approximate surface area is 151 Å². The summed E-state index contributed by atoms with van der Waals surface area (Å²) in [5.74, 6) is 0. The third-order valence-electron chi connectivity index (χ3n) is 5.70. The van der Waals surface area contributed by atoms with E-state index in [0.29, 0.717) is 12.1 Å². The molecule has 2 N–H and O–H groups in total. The molecule has 0 radical (unpaired) electrons. The molecule has 0 saturated heterocycles. The summed E-state index contributed by atoms with van der Waals surface area (Å²) in [4.78, 5) is 16.4. The summed E-state index contributed by atoms with van der Waals surface area (Å²) < 4.78 is 4.44. The van der Waals surface area contributed by atoms with Crippen molar-refractivity contribution in [3.63, 3.8) is 0 Å². The fourth-order valence-corrected chi connectivity index (χ4v) is 4.17. The van der Waals surface area contributed by atoms with Crippen molar-refractivity contribution in [1.29, 1.82) is 0 Å². The first-order valence-corrected chi connectivity index (χ1v) is 9.27. The topological polar surface area (TPSA) is 76.3 Å². The average Bonchev–Trinajstić information content (AvgIpc) is 3.39. The minimum atomic E-state index is 0.509. The van der Waals surface area contributed by atoms with Crippen molar-refractivity contribution in [2.45, 2.75) is 44.3 Å². The SMILES string of the molecule is Cn1cncc1CN[C@H]1CC[C@H](n2cnc3cnc4[nH]ccc4c32)CC1. The van der Waals surface area contributed by atoms with Crippen molar-refractivity contribution in [2.24, 2.45) is 7.05 Å². The number of pyridine rings is 1. The molecule has 7 nitrogen and oxygen atoms in total. The quantitative estimate of drug-likeness (QED) is 0.594. The maximum atomic E-state index is 4.58. The van der Waals surface area contributed by atoms with E-state index in [1.165, 1.54) is 36.9 Å². The van der Waals surface area contributed by atoms with Crippen LogP contribution in [0.2, 0.25) is 0 Å². The summed E-state index contributed by atoms with van der Waals surface area (Å²) >= 11 is 0. The molecule has 0 aliphatic heterocycles. The molecule has 1 saturated carbocycles. The van der Waals surface area contributed by atoms with Gasteiger partial charge in [0.25, 0.3) is 0 Å². The number of nitrogens with zero attached hydrogens (tertiary/aromatic N) is 5. The predicted molar refractivity (Wildman–Crippen MR) is 101 cm³/mol. The molecule has 1 aliphatic carbocycles. The molecule has 7 heteroatoms. The van der Waals surface area contributed by atoms with Gasteiger partial charge in [-0.2, -0.15) is 0 Å². The van der Waals surface area contributed by atoms with Gasteiger partial charge in [0.2, 0.25) is 0 Å². The van der Waals surface area contributed by atoms with E-state index in [1.807, 2.05) is 38.3 Å². The van der Waals surface area contributed by atoms with E-state index < -0.39 is 0 Å². The molecule has 4 heterocycles.